The van der Waals surface area contributed by atoms with Crippen LogP contribution < -0.4 is 4.74 Å². The van der Waals surface area contributed by atoms with Crippen LogP contribution in [-0.2, 0) is 20.4 Å². The molecule has 5 nitrogen and oxygen atoms in total. The molecule has 1 unspecified atom stereocenters. The van der Waals surface area contributed by atoms with E-state index in [1.807, 2.05) is 12.1 Å². The van der Waals surface area contributed by atoms with Crippen LogP contribution >= 0.6 is 0 Å². The molecule has 0 saturated carbocycles. The van der Waals surface area contributed by atoms with Crippen molar-refractivity contribution in [1.29, 1.82) is 0 Å². The predicted molar refractivity (Wildman–Crippen MR) is 111 cm³/mol. The van der Waals surface area contributed by atoms with Gasteiger partial charge in [0.05, 0.1) is 13.7 Å². The molecule has 2 rings (SSSR count). The Morgan fingerprint density at radius 1 is 1.07 bits per heavy atom. The zero-order valence-corrected chi connectivity index (χ0v) is 18.6. The molecule has 156 valence electrons. The van der Waals surface area contributed by atoms with Gasteiger partial charge < -0.3 is 14.4 Å². The molecule has 1 aromatic carbocycles. The van der Waals surface area contributed by atoms with E-state index < -0.39 is 6.04 Å². The lowest BCUT2D eigenvalue weighted by Gasteiger charge is -2.31. The van der Waals surface area contributed by atoms with E-state index in [1.54, 1.807) is 18.9 Å². The summed E-state index contributed by atoms with van der Waals surface area (Å²) in [6.07, 6.45) is 1.46. The van der Waals surface area contributed by atoms with Crippen LogP contribution in [0.1, 0.15) is 82.8 Å². The molecule has 0 radical (unpaired) electrons. The van der Waals surface area contributed by atoms with Crippen LogP contribution in [0.3, 0.4) is 0 Å². The van der Waals surface area contributed by atoms with Gasteiger partial charge in [0.2, 0.25) is 0 Å². The number of likely N-dealkylation sites (tertiary alicyclic amines) is 1. The number of rotatable bonds is 4. The van der Waals surface area contributed by atoms with Crippen molar-refractivity contribution in [1.82, 2.24) is 4.90 Å². The van der Waals surface area contributed by atoms with E-state index in [9.17, 15) is 9.59 Å². The average molecular weight is 390 g/mol. The zero-order valence-electron chi connectivity index (χ0n) is 18.6. The second-order valence-electron chi connectivity index (χ2n) is 9.51. The van der Waals surface area contributed by atoms with Gasteiger partial charge in [0, 0.05) is 23.2 Å². The summed E-state index contributed by atoms with van der Waals surface area (Å²) < 4.78 is 11.0. The lowest BCUT2D eigenvalue weighted by Crippen LogP contribution is -2.41. The van der Waals surface area contributed by atoms with E-state index in [2.05, 4.69) is 41.5 Å². The fraction of sp³-hybridized carbons (Fsp3) is 0.652. The van der Waals surface area contributed by atoms with E-state index >= 15 is 0 Å². The molecule has 0 bridgehead atoms. The molecular formula is C23H35NO4. The molecule has 28 heavy (non-hydrogen) atoms. The van der Waals surface area contributed by atoms with Gasteiger partial charge >= 0.3 is 5.97 Å². The van der Waals surface area contributed by atoms with Crippen LogP contribution in [0.15, 0.2) is 12.1 Å². The van der Waals surface area contributed by atoms with Gasteiger partial charge in [-0.1, -0.05) is 41.5 Å². The Labute approximate surface area is 169 Å². The molecule has 1 fully saturated rings. The SMILES string of the molecule is CCOC(=O)C1CCCN1C(=O)c1cc(C(C)(C)C)c(OC)c(C(C)(C)C)c1. The molecule has 0 aliphatic carbocycles. The maximum Gasteiger partial charge on any atom is 0.328 e. The summed E-state index contributed by atoms with van der Waals surface area (Å²) in [5, 5.41) is 0. The molecule has 1 aromatic rings. The van der Waals surface area contributed by atoms with Crippen LogP contribution in [0.25, 0.3) is 0 Å². The second kappa shape index (κ2) is 8.14. The molecular weight excluding hydrogens is 354 g/mol. The minimum atomic E-state index is -0.495. The molecule has 1 aliphatic rings. The first kappa shape index (κ1) is 22.3. The van der Waals surface area contributed by atoms with E-state index in [1.165, 1.54) is 0 Å². The smallest absolute Gasteiger partial charge is 0.328 e. The van der Waals surface area contributed by atoms with Crippen molar-refractivity contribution in [2.75, 3.05) is 20.3 Å². The third-order valence-corrected chi connectivity index (χ3v) is 5.23. The average Bonchev–Trinajstić information content (AvgIpc) is 3.08. The highest BCUT2D eigenvalue weighted by atomic mass is 16.5. The summed E-state index contributed by atoms with van der Waals surface area (Å²) in [7, 11) is 1.68. The molecule has 0 N–H and O–H groups in total. The Balaban J connectivity index is 2.55. The monoisotopic (exact) mass is 389 g/mol. The number of esters is 1. The van der Waals surface area contributed by atoms with Crippen molar-refractivity contribution >= 4 is 11.9 Å². The number of carbonyl (C=O) groups excluding carboxylic acids is 2. The van der Waals surface area contributed by atoms with Gasteiger partial charge in [0.1, 0.15) is 11.8 Å². The summed E-state index contributed by atoms with van der Waals surface area (Å²) >= 11 is 0. The third kappa shape index (κ3) is 4.50. The summed E-state index contributed by atoms with van der Waals surface area (Å²) in [4.78, 5) is 27.4. The van der Waals surface area contributed by atoms with Gasteiger partial charge in [-0.2, -0.15) is 0 Å². The predicted octanol–water partition coefficient (Wildman–Crippen LogP) is 4.46. The number of amides is 1. The highest BCUT2D eigenvalue weighted by Gasteiger charge is 2.37. The van der Waals surface area contributed by atoms with Gasteiger partial charge in [-0.15, -0.1) is 0 Å². The van der Waals surface area contributed by atoms with E-state index in [-0.39, 0.29) is 22.7 Å². The molecule has 5 heteroatoms. The highest BCUT2D eigenvalue weighted by molar-refractivity contribution is 5.98. The van der Waals surface area contributed by atoms with Gasteiger partial charge in [-0.3, -0.25) is 4.79 Å². The highest BCUT2D eigenvalue weighted by Crippen LogP contribution is 2.41. The number of ether oxygens (including phenoxy) is 2. The minimum absolute atomic E-state index is 0.116. The quantitative estimate of drug-likeness (QED) is 0.714. The van der Waals surface area contributed by atoms with E-state index in [4.69, 9.17) is 9.47 Å². The Morgan fingerprint density at radius 2 is 1.61 bits per heavy atom. The summed E-state index contributed by atoms with van der Waals surface area (Å²) in [6, 6.07) is 3.36. The third-order valence-electron chi connectivity index (χ3n) is 5.23. The molecule has 0 spiro atoms. The maximum absolute atomic E-state index is 13.4. The van der Waals surface area contributed by atoms with Gasteiger partial charge in [-0.25, -0.2) is 4.79 Å². The molecule has 1 atom stereocenters. The minimum Gasteiger partial charge on any atom is -0.496 e. The molecule has 1 amide bonds. The van der Waals surface area contributed by atoms with Crippen LogP contribution in [-0.4, -0.2) is 43.1 Å². The number of hydrogen-bond donors (Lipinski definition) is 0. The van der Waals surface area contributed by atoms with Crippen molar-refractivity contribution in [2.24, 2.45) is 0 Å². The first-order valence-corrected chi connectivity index (χ1v) is 10.1. The van der Waals surface area contributed by atoms with Crippen molar-refractivity contribution < 1.29 is 19.1 Å². The van der Waals surface area contributed by atoms with Gasteiger partial charge in [0.25, 0.3) is 5.91 Å². The summed E-state index contributed by atoms with van der Waals surface area (Å²) in [5.41, 5.74) is 2.22. The fourth-order valence-corrected chi connectivity index (χ4v) is 3.75. The number of carbonyl (C=O) groups is 2. The number of hydrogen-bond acceptors (Lipinski definition) is 4. The number of nitrogens with zero attached hydrogens (tertiary/aromatic N) is 1. The Morgan fingerprint density at radius 3 is 2.04 bits per heavy atom. The fourth-order valence-electron chi connectivity index (χ4n) is 3.75. The maximum atomic E-state index is 13.4. The Bertz CT molecular complexity index is 705. The van der Waals surface area contributed by atoms with Crippen molar-refractivity contribution in [3.05, 3.63) is 28.8 Å². The summed E-state index contributed by atoms with van der Waals surface area (Å²) in [5.74, 6) is 0.406. The zero-order chi connectivity index (χ0) is 21.3. The van der Waals surface area contributed by atoms with Crippen LogP contribution in [0.4, 0.5) is 0 Å². The topological polar surface area (TPSA) is 55.8 Å². The first-order valence-electron chi connectivity index (χ1n) is 10.1. The lowest BCUT2D eigenvalue weighted by molar-refractivity contribution is -0.147. The molecule has 1 saturated heterocycles. The van der Waals surface area contributed by atoms with Crippen LogP contribution in [0.2, 0.25) is 0 Å². The standard InChI is InChI=1S/C23H35NO4/c1-9-28-21(26)18-11-10-12-24(18)20(25)15-13-16(22(2,3)4)19(27-8)17(14-15)23(5,6)7/h13-14,18H,9-12H2,1-8H3. The Hall–Kier alpha value is -2.04. The van der Waals surface area contributed by atoms with Crippen molar-refractivity contribution in [3.63, 3.8) is 0 Å². The van der Waals surface area contributed by atoms with E-state index in [0.717, 1.165) is 23.3 Å². The van der Waals surface area contributed by atoms with E-state index in [0.29, 0.717) is 25.1 Å². The Kier molecular flexibility index (Phi) is 6.47. The van der Waals surface area contributed by atoms with Gasteiger partial charge in [0.15, 0.2) is 0 Å². The van der Waals surface area contributed by atoms with Gasteiger partial charge in [-0.05, 0) is 42.7 Å². The summed E-state index contributed by atoms with van der Waals surface area (Å²) in [6.45, 7) is 15.4. The lowest BCUT2D eigenvalue weighted by atomic mass is 9.78. The number of methoxy groups -OCH3 is 1. The normalized spacial score (nSPS) is 17.6. The van der Waals surface area contributed by atoms with Crippen molar-refractivity contribution in [2.45, 2.75) is 78.2 Å². The molecule has 1 heterocycles. The van der Waals surface area contributed by atoms with Crippen molar-refractivity contribution in [3.8, 4) is 5.75 Å². The second-order valence-corrected chi connectivity index (χ2v) is 9.51. The van der Waals surface area contributed by atoms with Crippen LogP contribution in [0.5, 0.6) is 5.75 Å². The number of benzene rings is 1. The largest absolute Gasteiger partial charge is 0.496 e. The molecule has 1 aliphatic heterocycles. The molecule has 0 aromatic heterocycles. The van der Waals surface area contributed by atoms with Crippen LogP contribution in [0, 0.1) is 0 Å². The first-order chi connectivity index (χ1) is 12.9.